The Labute approximate surface area is 82.7 Å². The highest BCUT2D eigenvalue weighted by molar-refractivity contribution is 4.66. The van der Waals surface area contributed by atoms with Gasteiger partial charge in [-0.3, -0.25) is 0 Å². The fraction of sp³-hybridized carbons (Fsp3) is 1.00. The Hall–Kier alpha value is -0.0800. The summed E-state index contributed by atoms with van der Waals surface area (Å²) in [5.74, 6) is 0.770. The van der Waals surface area contributed by atoms with Crippen LogP contribution in [-0.2, 0) is 0 Å². The molecule has 0 bridgehead atoms. The van der Waals surface area contributed by atoms with E-state index < -0.39 is 0 Å². The molecule has 80 valence electrons. The molecule has 0 saturated carbocycles. The molecule has 0 aliphatic rings. The summed E-state index contributed by atoms with van der Waals surface area (Å²) in [6.07, 6.45) is 2.48. The maximum Gasteiger partial charge on any atom is 0.0555 e. The first-order valence-corrected chi connectivity index (χ1v) is 5.27. The van der Waals surface area contributed by atoms with Crippen molar-refractivity contribution in [3.63, 3.8) is 0 Å². The van der Waals surface area contributed by atoms with Gasteiger partial charge in [-0.2, -0.15) is 0 Å². The van der Waals surface area contributed by atoms with Gasteiger partial charge in [-0.1, -0.05) is 27.7 Å². The van der Waals surface area contributed by atoms with Crippen molar-refractivity contribution in [3.05, 3.63) is 0 Å². The van der Waals surface area contributed by atoms with Gasteiger partial charge in [0.2, 0.25) is 0 Å². The zero-order chi connectivity index (χ0) is 10.3. The van der Waals surface area contributed by atoms with E-state index in [0.717, 1.165) is 19.0 Å². The van der Waals surface area contributed by atoms with Crippen molar-refractivity contribution in [2.75, 3.05) is 19.7 Å². The molecule has 0 heterocycles. The Morgan fingerprint density at radius 2 is 1.85 bits per heavy atom. The monoisotopic (exact) mass is 187 g/mol. The highest BCUT2D eigenvalue weighted by Crippen LogP contribution is 2.25. The van der Waals surface area contributed by atoms with Crippen molar-refractivity contribution in [2.24, 2.45) is 11.3 Å². The van der Waals surface area contributed by atoms with Crippen molar-refractivity contribution < 1.29 is 5.11 Å². The zero-order valence-corrected chi connectivity index (χ0v) is 9.56. The van der Waals surface area contributed by atoms with E-state index in [1.165, 1.54) is 12.8 Å². The zero-order valence-electron chi connectivity index (χ0n) is 9.56. The quantitative estimate of drug-likeness (QED) is 0.624. The second-order valence-electron chi connectivity index (χ2n) is 5.13. The lowest BCUT2D eigenvalue weighted by atomic mass is 9.84. The summed E-state index contributed by atoms with van der Waals surface area (Å²) >= 11 is 0. The second-order valence-corrected chi connectivity index (χ2v) is 5.13. The number of rotatable bonds is 6. The van der Waals surface area contributed by atoms with E-state index in [4.69, 9.17) is 5.11 Å². The lowest BCUT2D eigenvalue weighted by Gasteiger charge is -2.23. The molecule has 1 unspecified atom stereocenters. The third-order valence-corrected chi connectivity index (χ3v) is 2.06. The molecule has 0 fully saturated rings. The average Bonchev–Trinajstić information content (AvgIpc) is 1.94. The maximum atomic E-state index is 8.56. The lowest BCUT2D eigenvalue weighted by molar-refractivity contribution is 0.277. The molecule has 0 aromatic heterocycles. The fourth-order valence-corrected chi connectivity index (χ4v) is 1.70. The van der Waals surface area contributed by atoms with E-state index in [2.05, 4.69) is 33.0 Å². The molecule has 0 aliphatic carbocycles. The summed E-state index contributed by atoms with van der Waals surface area (Å²) in [7, 11) is 0. The largest absolute Gasteiger partial charge is 0.395 e. The second kappa shape index (κ2) is 6.39. The van der Waals surface area contributed by atoms with Gasteiger partial charge in [0.15, 0.2) is 0 Å². The molecule has 0 rings (SSSR count). The standard InChI is InChI=1S/C11H25NO/c1-10(9-11(2,3)4)5-6-12-7-8-13/h10,12-13H,5-9H2,1-4H3. The minimum atomic E-state index is 0.244. The Bertz CT molecular complexity index is 118. The molecule has 0 aliphatic heterocycles. The minimum absolute atomic E-state index is 0.244. The molecule has 2 N–H and O–H groups in total. The van der Waals surface area contributed by atoms with Gasteiger partial charge < -0.3 is 10.4 Å². The maximum absolute atomic E-state index is 8.56. The molecule has 1 atom stereocenters. The van der Waals surface area contributed by atoms with E-state index in [1.807, 2.05) is 0 Å². The van der Waals surface area contributed by atoms with Gasteiger partial charge in [0, 0.05) is 6.54 Å². The number of aliphatic hydroxyl groups excluding tert-OH is 1. The minimum Gasteiger partial charge on any atom is -0.395 e. The molecule has 0 spiro atoms. The van der Waals surface area contributed by atoms with Crippen LogP contribution in [0.5, 0.6) is 0 Å². The van der Waals surface area contributed by atoms with Crippen molar-refractivity contribution in [2.45, 2.75) is 40.5 Å². The Morgan fingerprint density at radius 3 is 2.31 bits per heavy atom. The van der Waals surface area contributed by atoms with Gasteiger partial charge in [0.25, 0.3) is 0 Å². The van der Waals surface area contributed by atoms with Crippen LogP contribution in [0.3, 0.4) is 0 Å². The molecular formula is C11H25NO. The van der Waals surface area contributed by atoms with Crippen LogP contribution in [0, 0.1) is 11.3 Å². The van der Waals surface area contributed by atoms with Gasteiger partial charge in [0.1, 0.15) is 0 Å². The third kappa shape index (κ3) is 9.84. The van der Waals surface area contributed by atoms with E-state index in [1.54, 1.807) is 0 Å². The summed E-state index contributed by atoms with van der Waals surface area (Å²) in [6, 6.07) is 0. The normalized spacial score (nSPS) is 14.5. The first-order chi connectivity index (χ1) is 5.95. The Morgan fingerprint density at radius 1 is 1.23 bits per heavy atom. The lowest BCUT2D eigenvalue weighted by Crippen LogP contribution is -2.22. The predicted molar refractivity (Wildman–Crippen MR) is 57.8 cm³/mol. The number of aliphatic hydroxyl groups is 1. The predicted octanol–water partition coefficient (Wildman–Crippen LogP) is 2.03. The number of nitrogens with one attached hydrogen (secondary N) is 1. The molecule has 0 radical (unpaired) electrons. The van der Waals surface area contributed by atoms with E-state index in [0.29, 0.717) is 5.41 Å². The van der Waals surface area contributed by atoms with Crippen LogP contribution in [0.25, 0.3) is 0 Å². The SMILES string of the molecule is CC(CCNCCO)CC(C)(C)C. The summed E-state index contributed by atoms with van der Waals surface area (Å²) in [6.45, 7) is 11.1. The summed E-state index contributed by atoms with van der Waals surface area (Å²) in [5, 5.41) is 11.8. The van der Waals surface area contributed by atoms with E-state index in [9.17, 15) is 0 Å². The first-order valence-electron chi connectivity index (χ1n) is 5.27. The summed E-state index contributed by atoms with van der Waals surface area (Å²) < 4.78 is 0. The van der Waals surface area contributed by atoms with Crippen molar-refractivity contribution in [3.8, 4) is 0 Å². The van der Waals surface area contributed by atoms with Crippen molar-refractivity contribution >= 4 is 0 Å². The van der Waals surface area contributed by atoms with E-state index in [-0.39, 0.29) is 6.61 Å². The van der Waals surface area contributed by atoms with Crippen LogP contribution in [0.2, 0.25) is 0 Å². The smallest absolute Gasteiger partial charge is 0.0555 e. The van der Waals surface area contributed by atoms with Crippen LogP contribution in [-0.4, -0.2) is 24.8 Å². The number of hydrogen-bond acceptors (Lipinski definition) is 2. The molecule has 2 nitrogen and oxygen atoms in total. The molecule has 0 amide bonds. The van der Waals surface area contributed by atoms with Crippen LogP contribution >= 0.6 is 0 Å². The molecule has 0 saturated heterocycles. The summed E-state index contributed by atoms with van der Waals surface area (Å²) in [5.41, 5.74) is 0.441. The van der Waals surface area contributed by atoms with Gasteiger partial charge in [-0.15, -0.1) is 0 Å². The van der Waals surface area contributed by atoms with Gasteiger partial charge in [-0.25, -0.2) is 0 Å². The molecule has 0 aromatic rings. The Kier molecular flexibility index (Phi) is 6.35. The van der Waals surface area contributed by atoms with Crippen molar-refractivity contribution in [1.82, 2.24) is 5.32 Å². The topological polar surface area (TPSA) is 32.3 Å². The number of hydrogen-bond donors (Lipinski definition) is 2. The van der Waals surface area contributed by atoms with Gasteiger partial charge in [0.05, 0.1) is 6.61 Å². The highest BCUT2D eigenvalue weighted by Gasteiger charge is 2.14. The van der Waals surface area contributed by atoms with E-state index >= 15 is 0 Å². The molecule has 2 heteroatoms. The summed E-state index contributed by atoms with van der Waals surface area (Å²) in [4.78, 5) is 0. The van der Waals surface area contributed by atoms with Crippen LogP contribution in [0.1, 0.15) is 40.5 Å². The molecule has 0 aromatic carbocycles. The molecular weight excluding hydrogens is 162 g/mol. The average molecular weight is 187 g/mol. The van der Waals surface area contributed by atoms with Crippen LogP contribution in [0.4, 0.5) is 0 Å². The van der Waals surface area contributed by atoms with Crippen molar-refractivity contribution in [1.29, 1.82) is 0 Å². The Balaban J connectivity index is 3.35. The fourth-order valence-electron chi connectivity index (χ4n) is 1.70. The first kappa shape index (κ1) is 12.9. The third-order valence-electron chi connectivity index (χ3n) is 2.06. The molecule has 13 heavy (non-hydrogen) atoms. The van der Waals surface area contributed by atoms with Crippen LogP contribution < -0.4 is 5.32 Å². The highest BCUT2D eigenvalue weighted by atomic mass is 16.3. The van der Waals surface area contributed by atoms with Crippen LogP contribution in [0.15, 0.2) is 0 Å². The van der Waals surface area contributed by atoms with Gasteiger partial charge >= 0.3 is 0 Å². The van der Waals surface area contributed by atoms with Gasteiger partial charge in [-0.05, 0) is 30.7 Å².